The van der Waals surface area contributed by atoms with Gasteiger partial charge in [-0.3, -0.25) is 9.80 Å². The number of thiazole rings is 1. The molecule has 2 saturated heterocycles. The second-order valence-corrected chi connectivity index (χ2v) is 11.3. The molecule has 6 rings (SSSR count). The average Bonchev–Trinajstić information content (AvgIpc) is 3.54. The standard InChI is InChI=1S/C26H37N5OS/c1-30-9-2-4-24(30)26-29-23(17-33-26)22-16-28-25-21(22)14-19(15-27-25)18-5-7-20(8-6-18)31-10-3-12-32-13-11-31/h14-15,17-18,20,22,24H,2-13,16H2,1H3,(H,27,28). The lowest BCUT2D eigenvalue weighted by Gasteiger charge is -2.36. The van der Waals surface area contributed by atoms with Gasteiger partial charge in [-0.2, -0.15) is 0 Å². The molecule has 5 heterocycles. The number of hydrogen-bond acceptors (Lipinski definition) is 7. The Morgan fingerprint density at radius 3 is 2.82 bits per heavy atom. The van der Waals surface area contributed by atoms with Gasteiger partial charge in [-0.05, 0) is 76.1 Å². The topological polar surface area (TPSA) is 53.5 Å². The number of rotatable bonds is 4. The third-order valence-electron chi connectivity index (χ3n) is 8.43. The molecule has 0 aromatic carbocycles. The quantitative estimate of drug-likeness (QED) is 0.709. The van der Waals surface area contributed by atoms with E-state index < -0.39 is 0 Å². The molecule has 3 fully saturated rings. The van der Waals surface area contributed by atoms with Crippen molar-refractivity contribution in [1.29, 1.82) is 0 Å². The summed E-state index contributed by atoms with van der Waals surface area (Å²) in [4.78, 5) is 15.1. The Hall–Kier alpha value is -1.54. The van der Waals surface area contributed by atoms with Crippen molar-refractivity contribution in [2.24, 2.45) is 0 Å². The summed E-state index contributed by atoms with van der Waals surface area (Å²) in [6, 6.07) is 3.70. The van der Waals surface area contributed by atoms with Crippen LogP contribution < -0.4 is 5.32 Å². The van der Waals surface area contributed by atoms with Crippen LogP contribution in [0.3, 0.4) is 0 Å². The molecule has 4 aliphatic rings. The molecule has 6 nitrogen and oxygen atoms in total. The van der Waals surface area contributed by atoms with Gasteiger partial charge in [0.1, 0.15) is 10.8 Å². The Bertz CT molecular complexity index is 948. The Kier molecular flexibility index (Phi) is 6.39. The van der Waals surface area contributed by atoms with Crippen molar-refractivity contribution >= 4 is 17.2 Å². The summed E-state index contributed by atoms with van der Waals surface area (Å²) in [6.07, 6.45) is 11.0. The fourth-order valence-corrected chi connectivity index (χ4v) is 7.52. The Morgan fingerprint density at radius 2 is 1.97 bits per heavy atom. The van der Waals surface area contributed by atoms with E-state index in [0.29, 0.717) is 17.9 Å². The SMILES string of the molecule is CN1CCCC1c1nc(C2CNc3ncc(C4CCC(N5CCCOCC5)CC4)cc32)cs1. The molecule has 33 heavy (non-hydrogen) atoms. The number of fused-ring (bicyclic) bond motifs is 1. The van der Waals surface area contributed by atoms with E-state index in [0.717, 1.165) is 38.2 Å². The molecule has 0 radical (unpaired) electrons. The number of hydrogen-bond donors (Lipinski definition) is 1. The zero-order valence-electron chi connectivity index (χ0n) is 19.8. The van der Waals surface area contributed by atoms with Crippen LogP contribution in [0, 0.1) is 0 Å². The van der Waals surface area contributed by atoms with Crippen LogP contribution in [-0.4, -0.2) is 72.3 Å². The molecular formula is C26H37N5OS. The molecule has 1 N–H and O–H groups in total. The third kappa shape index (κ3) is 4.45. The van der Waals surface area contributed by atoms with Crippen LogP contribution in [0.1, 0.15) is 84.7 Å². The van der Waals surface area contributed by atoms with E-state index in [4.69, 9.17) is 14.7 Å². The van der Waals surface area contributed by atoms with Gasteiger partial charge in [0.05, 0.1) is 18.3 Å². The summed E-state index contributed by atoms with van der Waals surface area (Å²) in [7, 11) is 2.23. The number of nitrogens with zero attached hydrogens (tertiary/aromatic N) is 4. The minimum absolute atomic E-state index is 0.331. The zero-order valence-corrected chi connectivity index (χ0v) is 20.7. The molecular weight excluding hydrogens is 430 g/mol. The molecule has 0 amide bonds. The monoisotopic (exact) mass is 467 g/mol. The molecule has 178 valence electrons. The Labute approximate surface area is 201 Å². The predicted octanol–water partition coefficient (Wildman–Crippen LogP) is 4.61. The largest absolute Gasteiger partial charge is 0.380 e. The lowest BCUT2D eigenvalue weighted by atomic mass is 9.81. The molecule has 1 aliphatic carbocycles. The van der Waals surface area contributed by atoms with Gasteiger partial charge in [0, 0.05) is 55.3 Å². The second-order valence-electron chi connectivity index (χ2n) is 10.4. The predicted molar refractivity (Wildman–Crippen MR) is 133 cm³/mol. The second kappa shape index (κ2) is 9.61. The van der Waals surface area contributed by atoms with Gasteiger partial charge in [-0.1, -0.05) is 0 Å². The number of pyridine rings is 1. The van der Waals surface area contributed by atoms with Crippen molar-refractivity contribution in [2.75, 3.05) is 51.8 Å². The first-order chi connectivity index (χ1) is 16.3. The Morgan fingerprint density at radius 1 is 1.06 bits per heavy atom. The van der Waals surface area contributed by atoms with Crippen molar-refractivity contribution in [3.05, 3.63) is 39.5 Å². The molecule has 0 spiro atoms. The number of aromatic nitrogens is 2. The maximum atomic E-state index is 5.67. The summed E-state index contributed by atoms with van der Waals surface area (Å²) < 4.78 is 5.67. The fraction of sp³-hybridized carbons (Fsp3) is 0.692. The molecule has 2 atom stereocenters. The summed E-state index contributed by atoms with van der Waals surface area (Å²) in [6.45, 7) is 6.25. The molecule has 3 aliphatic heterocycles. The minimum atomic E-state index is 0.331. The van der Waals surface area contributed by atoms with E-state index in [1.165, 1.54) is 79.9 Å². The van der Waals surface area contributed by atoms with Crippen LogP contribution in [0.2, 0.25) is 0 Å². The number of anilines is 1. The molecule has 2 aromatic heterocycles. The normalized spacial score (nSPS) is 31.3. The third-order valence-corrected chi connectivity index (χ3v) is 9.40. The smallest absolute Gasteiger partial charge is 0.129 e. The highest BCUT2D eigenvalue weighted by atomic mass is 32.1. The van der Waals surface area contributed by atoms with E-state index in [-0.39, 0.29) is 0 Å². The van der Waals surface area contributed by atoms with Gasteiger partial charge >= 0.3 is 0 Å². The van der Waals surface area contributed by atoms with Crippen molar-refractivity contribution in [3.63, 3.8) is 0 Å². The van der Waals surface area contributed by atoms with Crippen LogP contribution in [0.25, 0.3) is 0 Å². The van der Waals surface area contributed by atoms with Crippen molar-refractivity contribution in [2.45, 2.75) is 68.9 Å². The zero-order chi connectivity index (χ0) is 22.2. The van der Waals surface area contributed by atoms with Crippen LogP contribution in [0.4, 0.5) is 5.82 Å². The van der Waals surface area contributed by atoms with Gasteiger partial charge < -0.3 is 10.1 Å². The van der Waals surface area contributed by atoms with Gasteiger partial charge in [-0.15, -0.1) is 11.3 Å². The molecule has 0 bridgehead atoms. The highest BCUT2D eigenvalue weighted by Crippen LogP contribution is 2.41. The van der Waals surface area contributed by atoms with Crippen LogP contribution in [-0.2, 0) is 4.74 Å². The summed E-state index contributed by atoms with van der Waals surface area (Å²) in [5.41, 5.74) is 4.02. The number of nitrogens with one attached hydrogen (secondary N) is 1. The van der Waals surface area contributed by atoms with E-state index in [1.807, 2.05) is 11.3 Å². The first-order valence-corrected chi connectivity index (χ1v) is 13.9. The fourth-order valence-electron chi connectivity index (χ4n) is 6.45. The lowest BCUT2D eigenvalue weighted by molar-refractivity contribution is 0.118. The van der Waals surface area contributed by atoms with Gasteiger partial charge in [0.25, 0.3) is 0 Å². The van der Waals surface area contributed by atoms with E-state index in [9.17, 15) is 0 Å². The number of likely N-dealkylation sites (tertiary alicyclic amines) is 1. The van der Waals surface area contributed by atoms with E-state index >= 15 is 0 Å². The van der Waals surface area contributed by atoms with E-state index in [2.05, 4.69) is 39.8 Å². The minimum Gasteiger partial charge on any atom is -0.380 e. The van der Waals surface area contributed by atoms with Gasteiger partial charge in [-0.25, -0.2) is 9.97 Å². The maximum absolute atomic E-state index is 5.67. The highest BCUT2D eigenvalue weighted by molar-refractivity contribution is 7.09. The first kappa shape index (κ1) is 22.0. The van der Waals surface area contributed by atoms with Gasteiger partial charge in [0.2, 0.25) is 0 Å². The maximum Gasteiger partial charge on any atom is 0.129 e. The summed E-state index contributed by atoms with van der Waals surface area (Å²) >= 11 is 1.85. The Balaban J connectivity index is 1.14. The lowest BCUT2D eigenvalue weighted by Crippen LogP contribution is -2.39. The summed E-state index contributed by atoms with van der Waals surface area (Å²) in [5.74, 6) is 2.04. The van der Waals surface area contributed by atoms with Crippen molar-refractivity contribution < 1.29 is 4.74 Å². The number of ether oxygens (including phenoxy) is 1. The van der Waals surface area contributed by atoms with Crippen LogP contribution in [0.5, 0.6) is 0 Å². The average molecular weight is 468 g/mol. The molecule has 1 saturated carbocycles. The van der Waals surface area contributed by atoms with E-state index in [1.54, 1.807) is 0 Å². The highest BCUT2D eigenvalue weighted by Gasteiger charge is 2.32. The van der Waals surface area contributed by atoms with Crippen LogP contribution in [0.15, 0.2) is 17.6 Å². The summed E-state index contributed by atoms with van der Waals surface area (Å²) in [5, 5.41) is 7.14. The molecule has 7 heteroatoms. The van der Waals surface area contributed by atoms with Crippen LogP contribution >= 0.6 is 11.3 Å². The molecule has 2 unspecified atom stereocenters. The van der Waals surface area contributed by atoms with Crippen molar-refractivity contribution in [3.8, 4) is 0 Å². The van der Waals surface area contributed by atoms with Crippen molar-refractivity contribution in [1.82, 2.24) is 19.8 Å². The molecule has 2 aromatic rings. The van der Waals surface area contributed by atoms with Gasteiger partial charge in [0.15, 0.2) is 0 Å². The first-order valence-electron chi connectivity index (χ1n) is 13.0.